The Hall–Kier alpha value is -2.44. The standard InChI is InChI=1S/C15H18N4O3/c1-8-6-12(20)11(7-19(8)3)14(21)16-9(2)15-17-13(18-22-15)10-4-5-10/h6-7,9-10H,4-5H2,1-3H3,(H,16,21)/t9-/m0/s1. The predicted molar refractivity (Wildman–Crippen MR) is 78.6 cm³/mol. The largest absolute Gasteiger partial charge is 0.354 e. The minimum absolute atomic E-state index is 0.0990. The van der Waals surface area contributed by atoms with E-state index in [1.807, 2.05) is 6.92 Å². The van der Waals surface area contributed by atoms with Gasteiger partial charge in [0.1, 0.15) is 11.6 Å². The molecule has 0 saturated heterocycles. The molecule has 1 saturated carbocycles. The quantitative estimate of drug-likeness (QED) is 0.923. The fourth-order valence-corrected chi connectivity index (χ4v) is 2.17. The van der Waals surface area contributed by atoms with E-state index < -0.39 is 11.9 Å². The van der Waals surface area contributed by atoms with Gasteiger partial charge in [-0.15, -0.1) is 0 Å². The van der Waals surface area contributed by atoms with Gasteiger partial charge in [0.15, 0.2) is 11.3 Å². The SMILES string of the molecule is Cc1cc(=O)c(C(=O)N[C@@H](C)c2nc(C3CC3)no2)cn1C. The van der Waals surface area contributed by atoms with Gasteiger partial charge in [0.25, 0.3) is 5.91 Å². The normalized spacial score (nSPS) is 15.6. The second kappa shape index (κ2) is 5.40. The van der Waals surface area contributed by atoms with Crippen molar-refractivity contribution in [2.45, 2.75) is 38.6 Å². The first kappa shape index (κ1) is 14.5. The van der Waals surface area contributed by atoms with Crippen LogP contribution in [-0.2, 0) is 7.05 Å². The molecule has 1 fully saturated rings. The molecule has 116 valence electrons. The third-order valence-electron chi connectivity index (χ3n) is 3.85. The average molecular weight is 302 g/mol. The maximum atomic E-state index is 12.3. The monoisotopic (exact) mass is 302 g/mol. The molecule has 0 unspecified atom stereocenters. The highest BCUT2D eigenvalue weighted by atomic mass is 16.5. The first-order valence-corrected chi connectivity index (χ1v) is 7.27. The zero-order valence-corrected chi connectivity index (χ0v) is 12.8. The number of aryl methyl sites for hydroxylation is 2. The summed E-state index contributed by atoms with van der Waals surface area (Å²) in [6.07, 6.45) is 3.70. The maximum Gasteiger partial charge on any atom is 0.257 e. The second-order valence-corrected chi connectivity index (χ2v) is 5.76. The van der Waals surface area contributed by atoms with Crippen LogP contribution in [0.15, 0.2) is 21.6 Å². The zero-order valence-electron chi connectivity index (χ0n) is 12.8. The molecule has 1 atom stereocenters. The van der Waals surface area contributed by atoms with Crippen LogP contribution in [0.4, 0.5) is 0 Å². The lowest BCUT2D eigenvalue weighted by Crippen LogP contribution is -2.31. The summed E-state index contributed by atoms with van der Waals surface area (Å²) in [5.41, 5.74) is 0.590. The van der Waals surface area contributed by atoms with Crippen molar-refractivity contribution in [3.8, 4) is 0 Å². The van der Waals surface area contributed by atoms with E-state index in [2.05, 4.69) is 15.5 Å². The molecule has 0 spiro atoms. The molecule has 0 aliphatic heterocycles. The Morgan fingerprint density at radius 3 is 2.91 bits per heavy atom. The van der Waals surface area contributed by atoms with Crippen LogP contribution in [0.3, 0.4) is 0 Å². The first-order valence-electron chi connectivity index (χ1n) is 7.27. The van der Waals surface area contributed by atoms with Crippen LogP contribution < -0.4 is 10.7 Å². The lowest BCUT2D eigenvalue weighted by molar-refractivity contribution is 0.0930. The maximum absolute atomic E-state index is 12.3. The van der Waals surface area contributed by atoms with Crippen LogP contribution in [0.5, 0.6) is 0 Å². The van der Waals surface area contributed by atoms with Crippen LogP contribution in [0.2, 0.25) is 0 Å². The van der Waals surface area contributed by atoms with Gasteiger partial charge in [-0.3, -0.25) is 9.59 Å². The molecule has 1 aliphatic rings. The van der Waals surface area contributed by atoms with Gasteiger partial charge in [0.2, 0.25) is 5.89 Å². The number of carbonyl (C=O) groups is 1. The number of nitrogens with one attached hydrogen (secondary N) is 1. The van der Waals surface area contributed by atoms with E-state index in [1.165, 1.54) is 12.3 Å². The summed E-state index contributed by atoms with van der Waals surface area (Å²) in [5, 5.41) is 6.64. The zero-order chi connectivity index (χ0) is 15.9. The first-order chi connectivity index (χ1) is 10.5. The number of pyridine rings is 1. The third-order valence-corrected chi connectivity index (χ3v) is 3.85. The highest BCUT2D eigenvalue weighted by molar-refractivity contribution is 5.94. The van der Waals surface area contributed by atoms with E-state index in [4.69, 9.17) is 4.52 Å². The van der Waals surface area contributed by atoms with E-state index >= 15 is 0 Å². The molecular weight excluding hydrogens is 284 g/mol. The van der Waals surface area contributed by atoms with Crippen molar-refractivity contribution in [3.05, 3.63) is 45.5 Å². The molecule has 0 radical (unpaired) electrons. The Balaban J connectivity index is 1.75. The van der Waals surface area contributed by atoms with Gasteiger partial charge in [-0.2, -0.15) is 4.98 Å². The Kier molecular flexibility index (Phi) is 3.56. The minimum atomic E-state index is -0.446. The molecule has 2 aromatic heterocycles. The number of hydrogen-bond acceptors (Lipinski definition) is 5. The highest BCUT2D eigenvalue weighted by Gasteiger charge is 2.30. The van der Waals surface area contributed by atoms with Crippen molar-refractivity contribution in [1.82, 2.24) is 20.0 Å². The van der Waals surface area contributed by atoms with E-state index in [-0.39, 0.29) is 11.0 Å². The van der Waals surface area contributed by atoms with Crippen LogP contribution in [0, 0.1) is 6.92 Å². The van der Waals surface area contributed by atoms with Crippen molar-refractivity contribution in [1.29, 1.82) is 0 Å². The molecular formula is C15H18N4O3. The number of rotatable bonds is 4. The average Bonchev–Trinajstić information content (AvgIpc) is 3.20. The molecule has 7 nitrogen and oxygen atoms in total. The molecule has 22 heavy (non-hydrogen) atoms. The Labute approximate surface area is 127 Å². The van der Waals surface area contributed by atoms with Gasteiger partial charge in [-0.1, -0.05) is 5.16 Å². The number of aromatic nitrogens is 3. The minimum Gasteiger partial charge on any atom is -0.354 e. The number of carbonyl (C=O) groups excluding carboxylic acids is 1. The van der Waals surface area contributed by atoms with Crippen LogP contribution in [0.1, 0.15) is 59.5 Å². The van der Waals surface area contributed by atoms with Gasteiger partial charge in [0.05, 0.1) is 0 Å². The van der Waals surface area contributed by atoms with Crippen LogP contribution in [0.25, 0.3) is 0 Å². The smallest absolute Gasteiger partial charge is 0.257 e. The Bertz CT molecular complexity index is 773. The fraction of sp³-hybridized carbons (Fsp3) is 0.467. The molecule has 2 aromatic rings. The summed E-state index contributed by atoms with van der Waals surface area (Å²) in [4.78, 5) is 28.5. The van der Waals surface area contributed by atoms with E-state index in [0.29, 0.717) is 17.6 Å². The molecule has 2 heterocycles. The summed E-state index contributed by atoms with van der Waals surface area (Å²) in [6, 6.07) is 0.996. The van der Waals surface area contributed by atoms with Gasteiger partial charge in [0, 0.05) is 30.9 Å². The van der Waals surface area contributed by atoms with E-state index in [9.17, 15) is 9.59 Å². The van der Waals surface area contributed by atoms with Crippen LogP contribution >= 0.6 is 0 Å². The van der Waals surface area contributed by atoms with Gasteiger partial charge in [-0.25, -0.2) is 0 Å². The Morgan fingerprint density at radius 2 is 2.23 bits per heavy atom. The van der Waals surface area contributed by atoms with Gasteiger partial charge in [-0.05, 0) is 26.7 Å². The van der Waals surface area contributed by atoms with Crippen molar-refractivity contribution in [3.63, 3.8) is 0 Å². The topological polar surface area (TPSA) is 90.0 Å². The summed E-state index contributed by atoms with van der Waals surface area (Å²) >= 11 is 0. The predicted octanol–water partition coefficient (Wildman–Crippen LogP) is 1.45. The van der Waals surface area contributed by atoms with Gasteiger partial charge < -0.3 is 14.4 Å². The summed E-state index contributed by atoms with van der Waals surface area (Å²) < 4.78 is 6.91. The van der Waals surface area contributed by atoms with Crippen molar-refractivity contribution in [2.24, 2.45) is 7.05 Å². The van der Waals surface area contributed by atoms with Crippen molar-refractivity contribution in [2.75, 3.05) is 0 Å². The second-order valence-electron chi connectivity index (χ2n) is 5.76. The van der Waals surface area contributed by atoms with Crippen LogP contribution in [-0.4, -0.2) is 20.6 Å². The Morgan fingerprint density at radius 1 is 1.50 bits per heavy atom. The number of hydrogen-bond donors (Lipinski definition) is 1. The van der Waals surface area contributed by atoms with E-state index in [0.717, 1.165) is 18.5 Å². The molecule has 7 heteroatoms. The molecule has 1 N–H and O–H groups in total. The van der Waals surface area contributed by atoms with E-state index in [1.54, 1.807) is 18.5 Å². The summed E-state index contributed by atoms with van der Waals surface area (Å²) in [5.74, 6) is 1.01. The molecule has 3 rings (SSSR count). The summed E-state index contributed by atoms with van der Waals surface area (Å²) in [7, 11) is 1.79. The number of nitrogens with zero attached hydrogens (tertiary/aromatic N) is 3. The summed E-state index contributed by atoms with van der Waals surface area (Å²) in [6.45, 7) is 3.56. The molecule has 0 bridgehead atoms. The van der Waals surface area contributed by atoms with Crippen molar-refractivity contribution >= 4 is 5.91 Å². The lowest BCUT2D eigenvalue weighted by Gasteiger charge is -2.11. The van der Waals surface area contributed by atoms with Gasteiger partial charge >= 0.3 is 0 Å². The fourth-order valence-electron chi connectivity index (χ4n) is 2.17. The molecule has 1 aliphatic carbocycles. The number of amides is 1. The highest BCUT2D eigenvalue weighted by Crippen LogP contribution is 2.38. The van der Waals surface area contributed by atoms with Crippen molar-refractivity contribution < 1.29 is 9.32 Å². The molecule has 1 amide bonds. The molecule has 0 aromatic carbocycles. The third kappa shape index (κ3) is 2.79. The lowest BCUT2D eigenvalue weighted by atomic mass is 10.2.